The number of nitrogens with one attached hydrogen (secondary N) is 2. The summed E-state index contributed by atoms with van der Waals surface area (Å²) in [5.41, 5.74) is 7.22. The molecule has 2 N–H and O–H groups in total. The van der Waals surface area contributed by atoms with Crippen LogP contribution in [-0.4, -0.2) is 32.7 Å². The van der Waals surface area contributed by atoms with Gasteiger partial charge in [0.05, 0.1) is 22.2 Å². The number of aromatic nitrogens is 3. The molecular formula is C24H28FN5O3. The van der Waals surface area contributed by atoms with Gasteiger partial charge in [-0.25, -0.2) is 14.1 Å². The van der Waals surface area contributed by atoms with Crippen molar-refractivity contribution in [3.63, 3.8) is 0 Å². The first-order valence-corrected chi connectivity index (χ1v) is 11.0. The van der Waals surface area contributed by atoms with E-state index in [0.29, 0.717) is 34.0 Å². The molecule has 4 rings (SSSR count). The molecule has 2 heterocycles. The lowest BCUT2D eigenvalue weighted by Crippen LogP contribution is -2.47. The first-order valence-electron chi connectivity index (χ1n) is 11.0. The minimum Gasteiger partial charge on any atom is -0.481 e. The average Bonchev–Trinajstić information content (AvgIpc) is 3.55. The maximum absolute atomic E-state index is 13.1. The SMILES string of the molecule is Cc1nn(C(C)(C)C)c2nc(C3CC3)cc(C(=O)NNC(=O)C(C)Oc3ccc(F)cc3)c12. The van der Waals surface area contributed by atoms with Gasteiger partial charge in [0, 0.05) is 11.6 Å². The molecular weight excluding hydrogens is 425 g/mol. The summed E-state index contributed by atoms with van der Waals surface area (Å²) in [5, 5.41) is 5.31. The molecule has 0 aliphatic heterocycles. The van der Waals surface area contributed by atoms with Crippen LogP contribution in [0.4, 0.5) is 4.39 Å². The Balaban J connectivity index is 1.54. The number of nitrogens with zero attached hydrogens (tertiary/aromatic N) is 3. The third-order valence-corrected chi connectivity index (χ3v) is 5.50. The number of hydrazine groups is 1. The van der Waals surface area contributed by atoms with Crippen molar-refractivity contribution < 1.29 is 18.7 Å². The largest absolute Gasteiger partial charge is 0.481 e. The summed E-state index contributed by atoms with van der Waals surface area (Å²) in [6.07, 6.45) is 1.18. The van der Waals surface area contributed by atoms with Crippen molar-refractivity contribution in [2.24, 2.45) is 0 Å². The Hall–Kier alpha value is -3.49. The van der Waals surface area contributed by atoms with E-state index in [2.05, 4.69) is 16.0 Å². The van der Waals surface area contributed by atoms with Crippen LogP contribution in [0.3, 0.4) is 0 Å². The predicted octanol–water partition coefficient (Wildman–Crippen LogP) is 3.74. The van der Waals surface area contributed by atoms with Gasteiger partial charge in [-0.2, -0.15) is 5.10 Å². The molecule has 33 heavy (non-hydrogen) atoms. The van der Waals surface area contributed by atoms with Crippen LogP contribution in [0.25, 0.3) is 11.0 Å². The van der Waals surface area contributed by atoms with Gasteiger partial charge in [-0.15, -0.1) is 0 Å². The van der Waals surface area contributed by atoms with E-state index in [9.17, 15) is 14.0 Å². The average molecular weight is 454 g/mol. The Morgan fingerprint density at radius 1 is 1.18 bits per heavy atom. The minimum absolute atomic E-state index is 0.309. The number of hydrogen-bond acceptors (Lipinski definition) is 5. The van der Waals surface area contributed by atoms with Gasteiger partial charge < -0.3 is 4.74 Å². The summed E-state index contributed by atoms with van der Waals surface area (Å²) >= 11 is 0. The number of pyridine rings is 1. The van der Waals surface area contributed by atoms with E-state index in [0.717, 1.165) is 18.5 Å². The van der Waals surface area contributed by atoms with Gasteiger partial charge in [0.15, 0.2) is 11.8 Å². The summed E-state index contributed by atoms with van der Waals surface area (Å²) in [4.78, 5) is 30.4. The van der Waals surface area contributed by atoms with Crippen molar-refractivity contribution in [3.05, 3.63) is 53.1 Å². The number of halogens is 1. The fourth-order valence-electron chi connectivity index (χ4n) is 3.60. The molecule has 8 nitrogen and oxygen atoms in total. The van der Waals surface area contributed by atoms with Gasteiger partial charge in [-0.3, -0.25) is 20.4 Å². The van der Waals surface area contributed by atoms with Gasteiger partial charge in [0.2, 0.25) is 0 Å². The zero-order valence-electron chi connectivity index (χ0n) is 19.4. The number of amides is 2. The monoisotopic (exact) mass is 453 g/mol. The molecule has 0 spiro atoms. The molecule has 174 valence electrons. The molecule has 1 fully saturated rings. The number of benzene rings is 1. The molecule has 1 aliphatic carbocycles. The summed E-state index contributed by atoms with van der Waals surface area (Å²) in [7, 11) is 0. The molecule has 9 heteroatoms. The molecule has 0 bridgehead atoms. The molecule has 1 aromatic carbocycles. The number of carbonyl (C=O) groups excluding carboxylic acids is 2. The van der Waals surface area contributed by atoms with Crippen molar-refractivity contribution in [1.29, 1.82) is 0 Å². The number of ether oxygens (including phenoxy) is 1. The second-order valence-electron chi connectivity index (χ2n) is 9.39. The fraction of sp³-hybridized carbons (Fsp3) is 0.417. The van der Waals surface area contributed by atoms with Gasteiger partial charge in [-0.05, 0) is 77.8 Å². The van der Waals surface area contributed by atoms with Crippen molar-refractivity contribution in [2.75, 3.05) is 0 Å². The highest BCUT2D eigenvalue weighted by Gasteiger charge is 2.30. The van der Waals surface area contributed by atoms with Crippen molar-refractivity contribution >= 4 is 22.8 Å². The highest BCUT2D eigenvalue weighted by atomic mass is 19.1. The molecule has 2 amide bonds. The summed E-state index contributed by atoms with van der Waals surface area (Å²) in [6, 6.07) is 7.14. The first-order chi connectivity index (χ1) is 15.5. The smallest absolute Gasteiger partial charge is 0.279 e. The first kappa shape index (κ1) is 22.7. The van der Waals surface area contributed by atoms with Crippen molar-refractivity contribution in [3.8, 4) is 5.75 Å². The lowest BCUT2D eigenvalue weighted by molar-refractivity contribution is -0.128. The van der Waals surface area contributed by atoms with Gasteiger partial charge in [0.1, 0.15) is 11.6 Å². The maximum Gasteiger partial charge on any atom is 0.279 e. The van der Waals surface area contributed by atoms with Gasteiger partial charge in [0.25, 0.3) is 11.8 Å². The zero-order chi connectivity index (χ0) is 23.9. The topological polar surface area (TPSA) is 98.1 Å². The van der Waals surface area contributed by atoms with Crippen LogP contribution in [0, 0.1) is 12.7 Å². The van der Waals surface area contributed by atoms with Crippen LogP contribution in [0.5, 0.6) is 5.75 Å². The number of carbonyl (C=O) groups is 2. The second kappa shape index (κ2) is 8.46. The Labute approximate surface area is 191 Å². The number of rotatable bonds is 5. The van der Waals surface area contributed by atoms with Crippen molar-refractivity contribution in [1.82, 2.24) is 25.6 Å². The Morgan fingerprint density at radius 3 is 2.45 bits per heavy atom. The maximum atomic E-state index is 13.1. The van der Waals surface area contributed by atoms with Crippen LogP contribution >= 0.6 is 0 Å². The number of fused-ring (bicyclic) bond motifs is 1. The van der Waals surface area contributed by atoms with Crippen LogP contribution in [-0.2, 0) is 10.3 Å². The molecule has 1 aliphatic rings. The highest BCUT2D eigenvalue weighted by Crippen LogP contribution is 2.41. The molecule has 1 unspecified atom stereocenters. The van der Waals surface area contributed by atoms with E-state index in [1.54, 1.807) is 6.07 Å². The van der Waals surface area contributed by atoms with Crippen LogP contribution in [0.2, 0.25) is 0 Å². The Kier molecular flexibility index (Phi) is 5.82. The quantitative estimate of drug-likeness (QED) is 0.574. The lowest BCUT2D eigenvalue weighted by atomic mass is 10.1. The van der Waals surface area contributed by atoms with E-state index in [4.69, 9.17) is 9.72 Å². The Bertz CT molecular complexity index is 1210. The van der Waals surface area contributed by atoms with E-state index in [1.807, 2.05) is 32.4 Å². The molecule has 0 radical (unpaired) electrons. The molecule has 0 saturated heterocycles. The van der Waals surface area contributed by atoms with Crippen LogP contribution in [0.15, 0.2) is 30.3 Å². The van der Waals surface area contributed by atoms with Gasteiger partial charge >= 0.3 is 0 Å². The predicted molar refractivity (Wildman–Crippen MR) is 121 cm³/mol. The second-order valence-corrected chi connectivity index (χ2v) is 9.39. The standard InChI is InChI=1S/C24H28FN5O3/c1-13-20-18(12-19(15-6-7-15)26-21(20)30(29-13)24(3,4)5)23(32)28-27-22(31)14(2)33-17-10-8-16(25)9-11-17/h8-12,14-15H,6-7H2,1-5H3,(H,27,31)(H,28,32). The molecule has 1 saturated carbocycles. The summed E-state index contributed by atoms with van der Waals surface area (Å²) in [5.74, 6) is -0.708. The minimum atomic E-state index is -0.902. The van der Waals surface area contributed by atoms with E-state index in [1.165, 1.54) is 31.2 Å². The van der Waals surface area contributed by atoms with Gasteiger partial charge in [-0.1, -0.05) is 0 Å². The summed E-state index contributed by atoms with van der Waals surface area (Å²) in [6.45, 7) is 9.49. The van der Waals surface area contributed by atoms with Crippen LogP contribution < -0.4 is 15.6 Å². The van der Waals surface area contributed by atoms with Crippen LogP contribution in [0.1, 0.15) is 68.2 Å². The summed E-state index contributed by atoms with van der Waals surface area (Å²) < 4.78 is 20.4. The molecule has 3 aromatic rings. The van der Waals surface area contributed by atoms with E-state index >= 15 is 0 Å². The van der Waals surface area contributed by atoms with E-state index in [-0.39, 0.29) is 5.54 Å². The Morgan fingerprint density at radius 2 is 1.85 bits per heavy atom. The lowest BCUT2D eigenvalue weighted by Gasteiger charge is -2.20. The van der Waals surface area contributed by atoms with Crippen molar-refractivity contribution in [2.45, 2.75) is 65.0 Å². The van der Waals surface area contributed by atoms with E-state index < -0.39 is 23.7 Å². The normalized spacial score (nSPS) is 14.7. The highest BCUT2D eigenvalue weighted by molar-refractivity contribution is 6.07. The molecule has 1 atom stereocenters. The third-order valence-electron chi connectivity index (χ3n) is 5.50. The number of aryl methyl sites for hydroxylation is 1. The third kappa shape index (κ3) is 4.81. The molecule has 2 aromatic heterocycles. The number of hydrogen-bond donors (Lipinski definition) is 2. The zero-order valence-corrected chi connectivity index (χ0v) is 19.4. The fourth-order valence-corrected chi connectivity index (χ4v) is 3.60.